The van der Waals surface area contributed by atoms with Gasteiger partial charge >= 0.3 is 0 Å². The zero-order chi connectivity index (χ0) is 15.5. The zero-order valence-corrected chi connectivity index (χ0v) is 12.6. The summed E-state index contributed by atoms with van der Waals surface area (Å²) in [5.41, 5.74) is 1.91. The first-order valence-electron chi connectivity index (χ1n) is 6.60. The van der Waals surface area contributed by atoms with Crippen LogP contribution >= 0.6 is 12.2 Å². The van der Waals surface area contributed by atoms with Crippen LogP contribution in [0.3, 0.4) is 0 Å². The number of ether oxygens (including phenoxy) is 1. The van der Waals surface area contributed by atoms with Crippen LogP contribution in [0.4, 0.5) is 5.69 Å². The standard InChI is InChI=1S/C16H13N3O2S/c1-21-13-6-2-5-12(9-13)19-15(20)14(18-16(19)22)8-11-4-3-7-17-10-11/h2-10H,1H3,(H,18,22)/b14-8-. The molecule has 0 bridgehead atoms. The Labute approximate surface area is 133 Å². The highest BCUT2D eigenvalue weighted by Crippen LogP contribution is 2.25. The molecule has 1 aliphatic heterocycles. The van der Waals surface area contributed by atoms with Crippen LogP contribution in [0.25, 0.3) is 6.08 Å². The smallest absolute Gasteiger partial charge is 0.281 e. The summed E-state index contributed by atoms with van der Waals surface area (Å²) in [6, 6.07) is 10.9. The Kier molecular flexibility index (Phi) is 3.84. The van der Waals surface area contributed by atoms with Gasteiger partial charge in [-0.1, -0.05) is 12.1 Å². The molecule has 0 saturated carbocycles. The molecule has 1 aromatic carbocycles. The van der Waals surface area contributed by atoms with Gasteiger partial charge in [-0.05, 0) is 42.1 Å². The molecule has 22 heavy (non-hydrogen) atoms. The van der Waals surface area contributed by atoms with Crippen LogP contribution in [0.1, 0.15) is 5.56 Å². The first-order valence-corrected chi connectivity index (χ1v) is 7.01. The molecule has 3 rings (SSSR count). The summed E-state index contributed by atoms with van der Waals surface area (Å²) in [6.45, 7) is 0. The van der Waals surface area contributed by atoms with Crippen LogP contribution in [-0.2, 0) is 4.79 Å². The molecule has 6 heteroatoms. The Morgan fingerprint density at radius 2 is 2.18 bits per heavy atom. The van der Waals surface area contributed by atoms with E-state index in [4.69, 9.17) is 17.0 Å². The number of nitrogens with zero attached hydrogens (tertiary/aromatic N) is 2. The molecule has 1 saturated heterocycles. The van der Waals surface area contributed by atoms with Crippen molar-refractivity contribution in [2.45, 2.75) is 0 Å². The Hall–Kier alpha value is -2.73. The van der Waals surface area contributed by atoms with Gasteiger partial charge in [0.25, 0.3) is 5.91 Å². The third kappa shape index (κ3) is 2.68. The summed E-state index contributed by atoms with van der Waals surface area (Å²) in [7, 11) is 1.58. The molecule has 1 fully saturated rings. The fraction of sp³-hybridized carbons (Fsp3) is 0.0625. The lowest BCUT2D eigenvalue weighted by Crippen LogP contribution is -2.30. The van der Waals surface area contributed by atoms with E-state index in [1.54, 1.807) is 37.7 Å². The summed E-state index contributed by atoms with van der Waals surface area (Å²) in [5, 5.41) is 3.28. The summed E-state index contributed by atoms with van der Waals surface area (Å²) >= 11 is 5.27. The molecule has 0 aliphatic carbocycles. The SMILES string of the molecule is COc1cccc(N2C(=O)/C(=C/c3cccnc3)NC2=S)c1. The maximum atomic E-state index is 12.6. The van der Waals surface area contributed by atoms with Crippen LogP contribution in [0.2, 0.25) is 0 Å². The number of hydrogen-bond donors (Lipinski definition) is 1. The van der Waals surface area contributed by atoms with Crippen molar-refractivity contribution in [3.05, 3.63) is 60.1 Å². The minimum absolute atomic E-state index is 0.206. The number of hydrogen-bond acceptors (Lipinski definition) is 4. The molecule has 1 N–H and O–H groups in total. The van der Waals surface area contributed by atoms with E-state index >= 15 is 0 Å². The molecule has 0 radical (unpaired) electrons. The van der Waals surface area contributed by atoms with Crippen LogP contribution in [0.5, 0.6) is 5.75 Å². The lowest BCUT2D eigenvalue weighted by atomic mass is 10.2. The molecular weight excluding hydrogens is 298 g/mol. The highest BCUT2D eigenvalue weighted by molar-refractivity contribution is 7.80. The predicted molar refractivity (Wildman–Crippen MR) is 88.4 cm³/mol. The van der Waals surface area contributed by atoms with Crippen LogP contribution < -0.4 is 15.0 Å². The van der Waals surface area contributed by atoms with Gasteiger partial charge in [0.1, 0.15) is 11.4 Å². The first kappa shape index (κ1) is 14.2. The number of carbonyl (C=O) groups excluding carboxylic acids is 1. The number of thiocarbonyl (C=S) groups is 1. The second-order valence-corrected chi connectivity index (χ2v) is 5.00. The summed E-state index contributed by atoms with van der Waals surface area (Å²) < 4.78 is 5.18. The minimum atomic E-state index is -0.206. The topological polar surface area (TPSA) is 54.5 Å². The number of anilines is 1. The maximum absolute atomic E-state index is 12.6. The second kappa shape index (κ2) is 5.95. The maximum Gasteiger partial charge on any atom is 0.281 e. The molecule has 2 aromatic rings. The molecular formula is C16H13N3O2S. The molecule has 1 aliphatic rings. The van der Waals surface area contributed by atoms with Gasteiger partial charge in [-0.25, -0.2) is 0 Å². The lowest BCUT2D eigenvalue weighted by Gasteiger charge is -2.14. The number of aromatic nitrogens is 1. The highest BCUT2D eigenvalue weighted by Gasteiger charge is 2.32. The normalized spacial score (nSPS) is 16.0. The van der Waals surface area contributed by atoms with Gasteiger partial charge in [-0.2, -0.15) is 0 Å². The van der Waals surface area contributed by atoms with Crippen molar-refractivity contribution in [3.8, 4) is 5.75 Å². The summed E-state index contributed by atoms with van der Waals surface area (Å²) in [5.74, 6) is 0.458. The monoisotopic (exact) mass is 311 g/mol. The van der Waals surface area contributed by atoms with Gasteiger partial charge < -0.3 is 10.1 Å². The number of carbonyl (C=O) groups is 1. The Bertz CT molecular complexity index is 759. The van der Waals surface area contributed by atoms with E-state index < -0.39 is 0 Å². The van der Waals surface area contributed by atoms with Crippen molar-refractivity contribution in [2.24, 2.45) is 0 Å². The fourth-order valence-corrected chi connectivity index (χ4v) is 2.45. The molecule has 1 aromatic heterocycles. The number of pyridine rings is 1. The van der Waals surface area contributed by atoms with Crippen molar-refractivity contribution >= 4 is 35.0 Å². The fourth-order valence-electron chi connectivity index (χ4n) is 2.15. The van der Waals surface area contributed by atoms with Gasteiger partial charge in [0.2, 0.25) is 0 Å². The van der Waals surface area contributed by atoms with Crippen LogP contribution in [-0.4, -0.2) is 23.1 Å². The number of rotatable bonds is 3. The van der Waals surface area contributed by atoms with E-state index in [9.17, 15) is 4.79 Å². The van der Waals surface area contributed by atoms with Crippen molar-refractivity contribution < 1.29 is 9.53 Å². The largest absolute Gasteiger partial charge is 0.497 e. The van der Waals surface area contributed by atoms with E-state index in [1.807, 2.05) is 24.3 Å². The summed E-state index contributed by atoms with van der Waals surface area (Å²) in [6.07, 6.45) is 5.08. The predicted octanol–water partition coefficient (Wildman–Crippen LogP) is 2.35. The molecule has 5 nitrogen and oxygen atoms in total. The van der Waals surface area contributed by atoms with Gasteiger partial charge in [-0.15, -0.1) is 0 Å². The Morgan fingerprint density at radius 3 is 2.91 bits per heavy atom. The Balaban J connectivity index is 1.93. The molecule has 1 amide bonds. The third-order valence-corrected chi connectivity index (χ3v) is 3.47. The van der Waals surface area contributed by atoms with Crippen molar-refractivity contribution in [3.63, 3.8) is 0 Å². The van der Waals surface area contributed by atoms with E-state index in [2.05, 4.69) is 10.3 Å². The molecule has 0 spiro atoms. The van der Waals surface area contributed by atoms with E-state index in [1.165, 1.54) is 4.90 Å². The van der Waals surface area contributed by atoms with Crippen molar-refractivity contribution in [1.82, 2.24) is 10.3 Å². The van der Waals surface area contributed by atoms with E-state index in [0.717, 1.165) is 5.56 Å². The number of nitrogens with one attached hydrogen (secondary N) is 1. The number of methoxy groups -OCH3 is 1. The third-order valence-electron chi connectivity index (χ3n) is 3.19. The zero-order valence-electron chi connectivity index (χ0n) is 11.8. The quantitative estimate of drug-likeness (QED) is 0.696. The van der Waals surface area contributed by atoms with Crippen LogP contribution in [0, 0.1) is 0 Å². The van der Waals surface area contributed by atoms with E-state index in [0.29, 0.717) is 22.2 Å². The van der Waals surface area contributed by atoms with Gasteiger partial charge in [0.15, 0.2) is 5.11 Å². The average molecular weight is 311 g/mol. The first-order chi connectivity index (χ1) is 10.7. The number of amides is 1. The van der Waals surface area contributed by atoms with Crippen molar-refractivity contribution in [1.29, 1.82) is 0 Å². The molecule has 110 valence electrons. The molecule has 2 heterocycles. The summed E-state index contributed by atoms with van der Waals surface area (Å²) in [4.78, 5) is 18.0. The van der Waals surface area contributed by atoms with Crippen LogP contribution in [0.15, 0.2) is 54.5 Å². The van der Waals surface area contributed by atoms with E-state index in [-0.39, 0.29) is 5.91 Å². The average Bonchev–Trinajstić information content (AvgIpc) is 2.82. The molecule has 0 atom stereocenters. The van der Waals surface area contributed by atoms with Crippen molar-refractivity contribution in [2.75, 3.05) is 12.0 Å². The van der Waals surface area contributed by atoms with Gasteiger partial charge in [0, 0.05) is 18.5 Å². The van der Waals surface area contributed by atoms with Gasteiger partial charge in [0.05, 0.1) is 12.8 Å². The molecule has 0 unspecified atom stereocenters. The Morgan fingerprint density at radius 1 is 1.32 bits per heavy atom. The number of benzene rings is 1. The lowest BCUT2D eigenvalue weighted by molar-refractivity contribution is -0.113. The minimum Gasteiger partial charge on any atom is -0.497 e. The second-order valence-electron chi connectivity index (χ2n) is 4.62. The van der Waals surface area contributed by atoms with Gasteiger partial charge in [-0.3, -0.25) is 14.7 Å². The highest BCUT2D eigenvalue weighted by atomic mass is 32.1.